The van der Waals surface area contributed by atoms with Gasteiger partial charge in [-0.15, -0.1) is 0 Å². The van der Waals surface area contributed by atoms with E-state index >= 15 is 0 Å². The average molecular weight is 358 g/mol. The summed E-state index contributed by atoms with van der Waals surface area (Å²) in [5.74, 6) is 0.374. The van der Waals surface area contributed by atoms with Crippen LogP contribution in [-0.2, 0) is 0 Å². The van der Waals surface area contributed by atoms with Gasteiger partial charge in [-0.2, -0.15) is 4.98 Å². The average Bonchev–Trinajstić information content (AvgIpc) is 2.60. The van der Waals surface area contributed by atoms with E-state index in [0.29, 0.717) is 12.4 Å². The molecule has 1 aromatic rings. The molecule has 0 saturated carbocycles. The Morgan fingerprint density at radius 2 is 1.75 bits per heavy atom. The zero-order valence-electron chi connectivity index (χ0n) is 15.2. The number of carbonyl (C=O) groups is 1. The second-order valence-electron chi connectivity index (χ2n) is 5.15. The number of carbonyl (C=O) groups excluding carboxylic acids is 1. The number of nitrogens with one attached hydrogen (secondary N) is 1. The van der Waals surface area contributed by atoms with Crippen LogP contribution >= 0.6 is 11.6 Å². The van der Waals surface area contributed by atoms with Crippen molar-refractivity contribution in [2.75, 3.05) is 51.3 Å². The summed E-state index contributed by atoms with van der Waals surface area (Å²) >= 11 is 6.23. The molecule has 0 unspecified atom stereocenters. The van der Waals surface area contributed by atoms with Crippen molar-refractivity contribution >= 4 is 23.3 Å². The second-order valence-corrected chi connectivity index (χ2v) is 5.51. The molecule has 0 bridgehead atoms. The van der Waals surface area contributed by atoms with Gasteiger partial charge in [0.2, 0.25) is 5.88 Å². The number of hydrogen-bond acceptors (Lipinski definition) is 6. The number of aromatic nitrogens is 2. The fraction of sp³-hybridized carbons (Fsp3) is 0.688. The van der Waals surface area contributed by atoms with Gasteiger partial charge >= 0.3 is 0 Å². The number of amides is 1. The minimum Gasteiger partial charge on any atom is -0.479 e. The zero-order valence-corrected chi connectivity index (χ0v) is 16.0. The summed E-state index contributed by atoms with van der Waals surface area (Å²) in [7, 11) is 1.47. The predicted octanol–water partition coefficient (Wildman–Crippen LogP) is 2.06. The molecule has 0 aliphatic rings. The van der Waals surface area contributed by atoms with Gasteiger partial charge in [-0.25, -0.2) is 4.98 Å². The van der Waals surface area contributed by atoms with Crippen molar-refractivity contribution in [3.63, 3.8) is 0 Å². The van der Waals surface area contributed by atoms with Gasteiger partial charge in [0.05, 0.1) is 7.11 Å². The van der Waals surface area contributed by atoms with Crippen LogP contribution in [0.25, 0.3) is 0 Å². The number of anilines is 1. The number of hydrogen-bond donors (Lipinski definition) is 1. The molecule has 0 aliphatic heterocycles. The molecule has 0 radical (unpaired) electrons. The lowest BCUT2D eigenvalue weighted by Crippen LogP contribution is -2.35. The topological polar surface area (TPSA) is 70.6 Å². The van der Waals surface area contributed by atoms with E-state index in [-0.39, 0.29) is 22.6 Å². The monoisotopic (exact) mass is 357 g/mol. The first-order chi connectivity index (χ1) is 11.5. The van der Waals surface area contributed by atoms with E-state index in [0.717, 1.165) is 32.7 Å². The van der Waals surface area contributed by atoms with Gasteiger partial charge in [0, 0.05) is 26.2 Å². The molecular weight excluding hydrogens is 330 g/mol. The summed E-state index contributed by atoms with van der Waals surface area (Å²) in [6.07, 6.45) is 0. The molecule has 0 atom stereocenters. The number of ether oxygens (including phenoxy) is 1. The molecule has 0 fully saturated rings. The summed E-state index contributed by atoms with van der Waals surface area (Å²) in [5, 5.41) is 3.04. The van der Waals surface area contributed by atoms with E-state index in [2.05, 4.69) is 34.0 Å². The van der Waals surface area contributed by atoms with Crippen LogP contribution in [0.2, 0.25) is 5.15 Å². The standard InChI is InChI=1S/C16H28ClN5O2/c1-6-21(7-2)11-10-18-15(23)12-16(24-5)20-14(13(17)19-12)22(8-3)9-4/h6-11H2,1-5H3,(H,18,23). The highest BCUT2D eigenvalue weighted by molar-refractivity contribution is 6.32. The maximum Gasteiger partial charge on any atom is 0.275 e. The van der Waals surface area contributed by atoms with Crippen molar-refractivity contribution < 1.29 is 9.53 Å². The summed E-state index contributed by atoms with van der Waals surface area (Å²) < 4.78 is 5.24. The van der Waals surface area contributed by atoms with E-state index in [1.807, 2.05) is 18.7 Å². The Bertz CT molecular complexity index is 533. The van der Waals surface area contributed by atoms with Crippen LogP contribution in [0.15, 0.2) is 0 Å². The zero-order chi connectivity index (χ0) is 18.1. The molecule has 0 spiro atoms. The first-order valence-electron chi connectivity index (χ1n) is 8.39. The third-order valence-corrected chi connectivity index (χ3v) is 4.14. The molecule has 1 N–H and O–H groups in total. The van der Waals surface area contributed by atoms with Crippen molar-refractivity contribution in [2.45, 2.75) is 27.7 Å². The summed E-state index contributed by atoms with van der Waals surface area (Å²) in [6.45, 7) is 12.9. The first-order valence-corrected chi connectivity index (χ1v) is 8.76. The summed E-state index contributed by atoms with van der Waals surface area (Å²) in [5.41, 5.74) is 0.109. The summed E-state index contributed by atoms with van der Waals surface area (Å²) in [4.78, 5) is 25.1. The molecule has 1 heterocycles. The third-order valence-electron chi connectivity index (χ3n) is 3.88. The molecule has 1 aromatic heterocycles. The van der Waals surface area contributed by atoms with Crippen LogP contribution in [0.5, 0.6) is 5.88 Å². The van der Waals surface area contributed by atoms with E-state index in [9.17, 15) is 4.79 Å². The fourth-order valence-electron chi connectivity index (χ4n) is 2.36. The van der Waals surface area contributed by atoms with Crippen molar-refractivity contribution in [1.29, 1.82) is 0 Å². The molecular formula is C16H28ClN5O2. The number of likely N-dealkylation sites (N-methyl/N-ethyl adjacent to an activating group) is 1. The third kappa shape index (κ3) is 5.21. The SMILES string of the molecule is CCN(CC)CCNC(=O)c1nc(Cl)c(N(CC)CC)nc1OC. The van der Waals surface area contributed by atoms with Crippen LogP contribution in [0.4, 0.5) is 5.82 Å². The van der Waals surface area contributed by atoms with Gasteiger partial charge in [-0.05, 0) is 26.9 Å². The lowest BCUT2D eigenvalue weighted by molar-refractivity contribution is 0.0939. The number of rotatable bonds is 10. The molecule has 1 amide bonds. The van der Waals surface area contributed by atoms with Crippen LogP contribution in [0.3, 0.4) is 0 Å². The lowest BCUT2D eigenvalue weighted by atomic mass is 10.3. The van der Waals surface area contributed by atoms with Crippen LogP contribution in [-0.4, -0.2) is 67.2 Å². The van der Waals surface area contributed by atoms with Gasteiger partial charge in [-0.3, -0.25) is 4.79 Å². The molecule has 0 aromatic carbocycles. The summed E-state index contributed by atoms with van der Waals surface area (Å²) in [6, 6.07) is 0. The number of methoxy groups -OCH3 is 1. The highest BCUT2D eigenvalue weighted by Gasteiger charge is 2.21. The molecule has 136 valence electrons. The highest BCUT2D eigenvalue weighted by atomic mass is 35.5. The van der Waals surface area contributed by atoms with Crippen molar-refractivity contribution in [2.24, 2.45) is 0 Å². The number of halogens is 1. The highest BCUT2D eigenvalue weighted by Crippen LogP contribution is 2.26. The van der Waals surface area contributed by atoms with E-state index in [1.54, 1.807) is 0 Å². The minimum atomic E-state index is -0.334. The minimum absolute atomic E-state index is 0.109. The Morgan fingerprint density at radius 3 is 2.25 bits per heavy atom. The van der Waals surface area contributed by atoms with Crippen molar-refractivity contribution in [3.8, 4) is 5.88 Å². The van der Waals surface area contributed by atoms with Crippen LogP contribution < -0.4 is 15.0 Å². The normalized spacial score (nSPS) is 10.8. The van der Waals surface area contributed by atoms with Crippen LogP contribution in [0, 0.1) is 0 Å². The molecule has 7 nitrogen and oxygen atoms in total. The molecule has 0 saturated heterocycles. The Morgan fingerprint density at radius 1 is 1.12 bits per heavy atom. The van der Waals surface area contributed by atoms with Gasteiger partial charge in [-0.1, -0.05) is 25.4 Å². The quantitative estimate of drug-likeness (QED) is 0.691. The van der Waals surface area contributed by atoms with E-state index in [4.69, 9.17) is 16.3 Å². The second kappa shape index (κ2) is 10.3. The van der Waals surface area contributed by atoms with E-state index < -0.39 is 0 Å². The maximum atomic E-state index is 12.4. The number of nitrogens with zero attached hydrogens (tertiary/aromatic N) is 4. The van der Waals surface area contributed by atoms with Gasteiger partial charge in [0.1, 0.15) is 0 Å². The molecule has 1 rings (SSSR count). The first kappa shape index (κ1) is 20.4. The van der Waals surface area contributed by atoms with Gasteiger partial charge < -0.3 is 19.9 Å². The van der Waals surface area contributed by atoms with Gasteiger partial charge in [0.15, 0.2) is 16.7 Å². The Balaban J connectivity index is 2.90. The Kier molecular flexibility index (Phi) is 8.78. The maximum absolute atomic E-state index is 12.4. The van der Waals surface area contributed by atoms with Gasteiger partial charge in [0.25, 0.3) is 5.91 Å². The Labute approximate surface area is 149 Å². The van der Waals surface area contributed by atoms with E-state index in [1.165, 1.54) is 7.11 Å². The smallest absolute Gasteiger partial charge is 0.275 e. The van der Waals surface area contributed by atoms with Crippen molar-refractivity contribution in [3.05, 3.63) is 10.8 Å². The fourth-order valence-corrected chi connectivity index (χ4v) is 2.60. The lowest BCUT2D eigenvalue weighted by Gasteiger charge is -2.21. The van der Waals surface area contributed by atoms with Crippen LogP contribution in [0.1, 0.15) is 38.2 Å². The Hall–Kier alpha value is -1.60. The molecule has 8 heteroatoms. The molecule has 24 heavy (non-hydrogen) atoms. The predicted molar refractivity (Wildman–Crippen MR) is 97.3 cm³/mol. The largest absolute Gasteiger partial charge is 0.479 e. The molecule has 0 aliphatic carbocycles. The van der Waals surface area contributed by atoms with Crippen molar-refractivity contribution in [1.82, 2.24) is 20.2 Å².